The van der Waals surface area contributed by atoms with Crippen LogP contribution in [0.15, 0.2) is 52.0 Å². The molecule has 1 saturated heterocycles. The number of carbonyl (C=O) groups is 2. The van der Waals surface area contributed by atoms with E-state index in [2.05, 4.69) is 17.3 Å². The van der Waals surface area contributed by atoms with Gasteiger partial charge in [0.15, 0.2) is 0 Å². The van der Waals surface area contributed by atoms with Crippen molar-refractivity contribution >= 4 is 35.3 Å². The summed E-state index contributed by atoms with van der Waals surface area (Å²) in [6.07, 6.45) is 7.74. The fraction of sp³-hybridized carbons (Fsp3) is 0.318. The van der Waals surface area contributed by atoms with Gasteiger partial charge in [-0.3, -0.25) is 19.7 Å². The van der Waals surface area contributed by atoms with E-state index in [9.17, 15) is 19.7 Å². The highest BCUT2D eigenvalue weighted by atomic mass is 35.5. The van der Waals surface area contributed by atoms with Gasteiger partial charge in [-0.05, 0) is 48.3 Å². The lowest BCUT2D eigenvalue weighted by atomic mass is 9.85. The lowest BCUT2D eigenvalue weighted by Crippen LogP contribution is -2.30. The van der Waals surface area contributed by atoms with Gasteiger partial charge in [-0.25, -0.2) is 0 Å². The average molecular weight is 438 g/mol. The molecule has 0 N–H and O–H groups in total. The molecule has 2 bridgehead atoms. The Bertz CT molecular complexity index is 1190. The smallest absolute Gasteiger partial charge is 0.270 e. The molecule has 3 aliphatic carbocycles. The van der Waals surface area contributed by atoms with Crippen molar-refractivity contribution in [3.05, 3.63) is 63.4 Å². The zero-order valence-corrected chi connectivity index (χ0v) is 16.9. The van der Waals surface area contributed by atoms with E-state index in [1.165, 1.54) is 24.4 Å². The monoisotopic (exact) mass is 437 g/mol. The Morgan fingerprint density at radius 1 is 1.13 bits per heavy atom. The van der Waals surface area contributed by atoms with E-state index in [0.29, 0.717) is 17.1 Å². The number of nitro benzene ring substituents is 1. The third kappa shape index (κ3) is 2.45. The fourth-order valence-electron chi connectivity index (χ4n) is 5.68. The molecule has 3 fully saturated rings. The maximum Gasteiger partial charge on any atom is 0.270 e. The topological polar surface area (TPSA) is 106 Å². The average Bonchev–Trinajstić information content (AvgIpc) is 3.03. The summed E-state index contributed by atoms with van der Waals surface area (Å²) in [7, 11) is 0. The van der Waals surface area contributed by atoms with Crippen LogP contribution >= 0.6 is 11.6 Å². The van der Waals surface area contributed by atoms with E-state index >= 15 is 0 Å². The van der Waals surface area contributed by atoms with Gasteiger partial charge >= 0.3 is 0 Å². The van der Waals surface area contributed by atoms with Crippen molar-refractivity contribution in [1.82, 2.24) is 5.01 Å². The molecule has 2 aromatic rings. The van der Waals surface area contributed by atoms with E-state index in [-0.39, 0.29) is 51.6 Å². The van der Waals surface area contributed by atoms with Crippen molar-refractivity contribution in [1.29, 1.82) is 0 Å². The predicted molar refractivity (Wildman–Crippen MR) is 110 cm³/mol. The van der Waals surface area contributed by atoms with Gasteiger partial charge in [0, 0.05) is 17.7 Å². The number of furan rings is 1. The highest BCUT2D eigenvalue weighted by molar-refractivity contribution is 6.33. The summed E-state index contributed by atoms with van der Waals surface area (Å²) in [4.78, 5) is 36.2. The second-order valence-electron chi connectivity index (χ2n) is 8.58. The Morgan fingerprint density at radius 2 is 1.81 bits per heavy atom. The molecular weight excluding hydrogens is 422 g/mol. The number of benzene rings is 1. The van der Waals surface area contributed by atoms with Gasteiger partial charge in [-0.15, -0.1) is 0 Å². The molecule has 1 aliphatic heterocycles. The number of fused-ring (bicyclic) bond motifs is 3. The van der Waals surface area contributed by atoms with E-state index in [1.54, 1.807) is 12.1 Å². The number of carbonyl (C=O) groups excluding carboxylic acids is 2. The second kappa shape index (κ2) is 6.13. The molecule has 1 aromatic carbocycles. The van der Waals surface area contributed by atoms with E-state index in [0.717, 1.165) is 17.9 Å². The van der Waals surface area contributed by atoms with E-state index < -0.39 is 4.92 Å². The lowest BCUT2D eigenvalue weighted by Gasteiger charge is -2.18. The van der Waals surface area contributed by atoms with Crippen molar-refractivity contribution in [2.24, 2.45) is 34.2 Å². The summed E-state index contributed by atoms with van der Waals surface area (Å²) in [6.45, 7) is 0. The third-order valence-electron chi connectivity index (χ3n) is 7.19. The van der Waals surface area contributed by atoms with Crippen molar-refractivity contribution in [3.8, 4) is 11.3 Å². The molecule has 2 amide bonds. The molecule has 6 rings (SSSR count). The molecule has 1 spiro atoms. The summed E-state index contributed by atoms with van der Waals surface area (Å²) >= 11 is 6.15. The molecule has 2 saturated carbocycles. The SMILES string of the molecule is O=C1[C@H]2[C@H](C(=O)N1/N=C\c1ccc(-c3ccc([N+](=O)[O-])cc3Cl)o1)[C@H]1C=C[C@H]2C12CC2. The molecule has 8 nitrogen and oxygen atoms in total. The van der Waals surface area contributed by atoms with Crippen LogP contribution in [0.2, 0.25) is 5.02 Å². The Balaban J connectivity index is 1.23. The molecule has 0 radical (unpaired) electrons. The number of hydrogen-bond acceptors (Lipinski definition) is 6. The normalized spacial score (nSPS) is 29.5. The number of nitrogens with zero attached hydrogens (tertiary/aromatic N) is 3. The summed E-state index contributed by atoms with van der Waals surface area (Å²) in [5.41, 5.74) is 0.526. The van der Waals surface area contributed by atoms with Gasteiger partial charge in [0.05, 0.1) is 28.0 Å². The largest absolute Gasteiger partial charge is 0.455 e. The molecule has 4 aliphatic rings. The zero-order valence-electron chi connectivity index (χ0n) is 16.1. The number of hydrogen-bond donors (Lipinski definition) is 0. The number of amides is 2. The quantitative estimate of drug-likeness (QED) is 0.236. The highest BCUT2D eigenvalue weighted by Crippen LogP contribution is 2.73. The van der Waals surface area contributed by atoms with Gasteiger partial charge in [0.25, 0.3) is 17.5 Å². The highest BCUT2D eigenvalue weighted by Gasteiger charge is 2.73. The van der Waals surface area contributed by atoms with Crippen molar-refractivity contribution in [2.45, 2.75) is 12.8 Å². The summed E-state index contributed by atoms with van der Waals surface area (Å²) < 4.78 is 5.71. The Hall–Kier alpha value is -3.26. The van der Waals surface area contributed by atoms with Crippen LogP contribution in [0.5, 0.6) is 0 Å². The number of allylic oxidation sites excluding steroid dienone is 2. The van der Waals surface area contributed by atoms with Crippen LogP contribution in [0, 0.1) is 39.2 Å². The Kier molecular flexibility index (Phi) is 3.66. The van der Waals surface area contributed by atoms with Crippen molar-refractivity contribution in [2.75, 3.05) is 0 Å². The van der Waals surface area contributed by atoms with E-state index in [4.69, 9.17) is 16.0 Å². The Morgan fingerprint density at radius 3 is 2.39 bits per heavy atom. The van der Waals surface area contributed by atoms with Crippen molar-refractivity contribution in [3.63, 3.8) is 0 Å². The molecule has 9 heteroatoms. The number of non-ortho nitro benzene ring substituents is 1. The summed E-state index contributed by atoms with van der Waals surface area (Å²) in [5, 5.41) is 16.2. The number of rotatable bonds is 4. The number of imide groups is 1. The minimum Gasteiger partial charge on any atom is -0.455 e. The molecule has 1 aromatic heterocycles. The minimum absolute atomic E-state index is 0.116. The van der Waals surface area contributed by atoms with Crippen LogP contribution in [-0.2, 0) is 9.59 Å². The lowest BCUT2D eigenvalue weighted by molar-refractivity contribution is -0.384. The first-order valence-electron chi connectivity index (χ1n) is 10.0. The Labute approximate surface area is 181 Å². The predicted octanol–water partition coefficient (Wildman–Crippen LogP) is 4.04. The first-order valence-corrected chi connectivity index (χ1v) is 10.4. The van der Waals surface area contributed by atoms with Gasteiger partial charge in [0.1, 0.15) is 11.5 Å². The fourth-order valence-corrected chi connectivity index (χ4v) is 5.94. The number of halogens is 1. The summed E-state index contributed by atoms with van der Waals surface area (Å²) in [6, 6.07) is 7.38. The maximum atomic E-state index is 12.9. The maximum absolute atomic E-state index is 12.9. The van der Waals surface area contributed by atoms with Gasteiger partial charge in [0.2, 0.25) is 0 Å². The first kappa shape index (κ1) is 18.5. The van der Waals surface area contributed by atoms with Crippen molar-refractivity contribution < 1.29 is 18.9 Å². The second-order valence-corrected chi connectivity index (χ2v) is 8.98. The van der Waals surface area contributed by atoms with Gasteiger partial charge < -0.3 is 4.42 Å². The molecule has 2 heterocycles. The van der Waals surface area contributed by atoms with Gasteiger partial charge in [-0.1, -0.05) is 23.8 Å². The van der Waals surface area contributed by atoms with Crippen LogP contribution in [0.4, 0.5) is 5.69 Å². The first-order chi connectivity index (χ1) is 14.9. The molecule has 0 unspecified atom stereocenters. The van der Waals surface area contributed by atoms with Crippen LogP contribution in [0.25, 0.3) is 11.3 Å². The molecule has 4 atom stereocenters. The van der Waals surface area contributed by atoms with Crippen LogP contribution in [0.1, 0.15) is 18.6 Å². The third-order valence-corrected chi connectivity index (χ3v) is 7.50. The minimum atomic E-state index is -0.526. The van der Waals surface area contributed by atoms with Gasteiger partial charge in [-0.2, -0.15) is 10.1 Å². The zero-order chi connectivity index (χ0) is 21.5. The number of hydrazone groups is 1. The van der Waals surface area contributed by atoms with Crippen LogP contribution in [-0.4, -0.2) is 28.0 Å². The number of nitro groups is 1. The molecular formula is C22H16ClN3O5. The van der Waals surface area contributed by atoms with E-state index in [1.807, 2.05) is 0 Å². The molecule has 156 valence electrons. The molecule has 31 heavy (non-hydrogen) atoms. The van der Waals surface area contributed by atoms with Crippen LogP contribution in [0.3, 0.4) is 0 Å². The standard InChI is InChI=1S/C22H16ClN3O5/c23-16-9-11(26(29)30)1-3-13(16)17-6-2-12(31-17)10-24-25-20(27)18-14-4-5-15(19(18)21(25)28)22(14)7-8-22/h1-6,9-10,14-15,18-19H,7-8H2/b24-10-/t14-,15-,18-,19-/m1/s1. The van der Waals surface area contributed by atoms with Crippen LogP contribution < -0.4 is 0 Å². The summed E-state index contributed by atoms with van der Waals surface area (Å²) in [5.74, 6) is -0.0325.